The van der Waals surface area contributed by atoms with Gasteiger partial charge in [-0.3, -0.25) is 0 Å². The summed E-state index contributed by atoms with van der Waals surface area (Å²) in [6, 6.07) is 0. The van der Waals surface area contributed by atoms with E-state index >= 15 is 0 Å². The highest BCUT2D eigenvalue weighted by atomic mass is 16.5. The van der Waals surface area contributed by atoms with Crippen LogP contribution in [0, 0.1) is 11.3 Å². The van der Waals surface area contributed by atoms with E-state index in [1.165, 1.54) is 38.5 Å². The molecule has 0 spiro atoms. The van der Waals surface area contributed by atoms with Crippen LogP contribution in [-0.4, -0.2) is 26.4 Å². The van der Waals surface area contributed by atoms with E-state index in [9.17, 15) is 0 Å². The summed E-state index contributed by atoms with van der Waals surface area (Å²) >= 11 is 0. The minimum atomic E-state index is 0.370. The van der Waals surface area contributed by atoms with Crippen LogP contribution in [0.3, 0.4) is 0 Å². The zero-order valence-electron chi connectivity index (χ0n) is 12.0. The SMILES string of the molecule is CC.CCC1(COCC2CCCCC2)COC1. The Morgan fingerprint density at radius 3 is 2.24 bits per heavy atom. The van der Waals surface area contributed by atoms with Crippen molar-refractivity contribution in [1.29, 1.82) is 0 Å². The molecular formula is C15H30O2. The van der Waals surface area contributed by atoms with Crippen LogP contribution >= 0.6 is 0 Å². The Labute approximate surface area is 107 Å². The topological polar surface area (TPSA) is 18.5 Å². The second-order valence-corrected chi connectivity index (χ2v) is 5.37. The Kier molecular flexibility index (Phi) is 7.14. The van der Waals surface area contributed by atoms with Crippen LogP contribution in [0.4, 0.5) is 0 Å². The van der Waals surface area contributed by atoms with Gasteiger partial charge in [-0.2, -0.15) is 0 Å². The van der Waals surface area contributed by atoms with Crippen LogP contribution in [0.15, 0.2) is 0 Å². The highest BCUT2D eigenvalue weighted by molar-refractivity contribution is 4.84. The maximum Gasteiger partial charge on any atom is 0.0566 e. The Balaban J connectivity index is 0.000000686. The van der Waals surface area contributed by atoms with Gasteiger partial charge in [-0.1, -0.05) is 40.0 Å². The summed E-state index contributed by atoms with van der Waals surface area (Å²) in [6.45, 7) is 9.97. The summed E-state index contributed by atoms with van der Waals surface area (Å²) in [5, 5.41) is 0. The molecular weight excluding hydrogens is 212 g/mol. The van der Waals surface area contributed by atoms with E-state index in [-0.39, 0.29) is 0 Å². The molecule has 2 fully saturated rings. The first-order valence-electron chi connectivity index (χ1n) is 7.50. The minimum Gasteiger partial charge on any atom is -0.380 e. The molecule has 0 unspecified atom stereocenters. The minimum absolute atomic E-state index is 0.370. The molecule has 0 amide bonds. The van der Waals surface area contributed by atoms with Crippen molar-refractivity contribution in [1.82, 2.24) is 0 Å². The third-order valence-corrected chi connectivity index (χ3v) is 4.05. The summed E-state index contributed by atoms with van der Waals surface area (Å²) in [7, 11) is 0. The zero-order valence-corrected chi connectivity index (χ0v) is 12.0. The number of hydrogen-bond donors (Lipinski definition) is 0. The van der Waals surface area contributed by atoms with Gasteiger partial charge in [0.25, 0.3) is 0 Å². The first kappa shape index (κ1) is 15.0. The second-order valence-electron chi connectivity index (χ2n) is 5.37. The molecule has 1 aliphatic carbocycles. The second kappa shape index (κ2) is 8.10. The van der Waals surface area contributed by atoms with E-state index in [2.05, 4.69) is 6.92 Å². The van der Waals surface area contributed by atoms with Crippen molar-refractivity contribution in [2.75, 3.05) is 26.4 Å². The monoisotopic (exact) mass is 242 g/mol. The fourth-order valence-electron chi connectivity index (χ4n) is 2.58. The van der Waals surface area contributed by atoms with E-state index in [0.29, 0.717) is 5.41 Å². The van der Waals surface area contributed by atoms with Gasteiger partial charge in [0.05, 0.1) is 19.8 Å². The third-order valence-electron chi connectivity index (χ3n) is 4.05. The Morgan fingerprint density at radius 1 is 1.12 bits per heavy atom. The molecule has 102 valence electrons. The summed E-state index contributed by atoms with van der Waals surface area (Å²) in [5.41, 5.74) is 0.370. The zero-order chi connectivity index (χ0) is 12.6. The van der Waals surface area contributed by atoms with Crippen LogP contribution in [0.25, 0.3) is 0 Å². The molecule has 2 aliphatic rings. The fraction of sp³-hybridized carbons (Fsp3) is 1.00. The number of rotatable bonds is 5. The summed E-state index contributed by atoms with van der Waals surface area (Å²) in [5.74, 6) is 0.841. The summed E-state index contributed by atoms with van der Waals surface area (Å²) in [4.78, 5) is 0. The molecule has 0 atom stereocenters. The van der Waals surface area contributed by atoms with Crippen molar-refractivity contribution in [2.45, 2.75) is 59.3 Å². The first-order valence-corrected chi connectivity index (χ1v) is 7.50. The van der Waals surface area contributed by atoms with Crippen LogP contribution in [0.2, 0.25) is 0 Å². The average molecular weight is 242 g/mol. The first-order chi connectivity index (χ1) is 8.35. The van der Waals surface area contributed by atoms with Gasteiger partial charge < -0.3 is 9.47 Å². The van der Waals surface area contributed by atoms with Crippen LogP contribution in [0.1, 0.15) is 59.3 Å². The van der Waals surface area contributed by atoms with E-state index in [4.69, 9.17) is 9.47 Å². The highest BCUT2D eigenvalue weighted by Gasteiger charge is 2.37. The van der Waals surface area contributed by atoms with Crippen molar-refractivity contribution in [3.8, 4) is 0 Å². The smallest absolute Gasteiger partial charge is 0.0566 e. The molecule has 0 radical (unpaired) electrons. The average Bonchev–Trinajstić information content (AvgIpc) is 2.36. The summed E-state index contributed by atoms with van der Waals surface area (Å²) in [6.07, 6.45) is 8.22. The maximum absolute atomic E-state index is 5.89. The van der Waals surface area contributed by atoms with Gasteiger partial charge in [-0.15, -0.1) is 0 Å². The summed E-state index contributed by atoms with van der Waals surface area (Å²) < 4.78 is 11.2. The van der Waals surface area contributed by atoms with Gasteiger partial charge in [-0.25, -0.2) is 0 Å². The molecule has 0 bridgehead atoms. The molecule has 0 aromatic heterocycles. The van der Waals surface area contributed by atoms with Crippen LogP contribution in [-0.2, 0) is 9.47 Å². The van der Waals surface area contributed by atoms with E-state index in [1.807, 2.05) is 13.8 Å². The molecule has 1 aliphatic heterocycles. The van der Waals surface area contributed by atoms with E-state index in [0.717, 1.165) is 32.3 Å². The molecule has 2 heteroatoms. The number of hydrogen-bond acceptors (Lipinski definition) is 2. The molecule has 1 saturated carbocycles. The number of ether oxygens (including phenoxy) is 2. The van der Waals surface area contributed by atoms with Gasteiger partial charge >= 0.3 is 0 Å². The fourth-order valence-corrected chi connectivity index (χ4v) is 2.58. The van der Waals surface area contributed by atoms with Crippen molar-refractivity contribution in [3.05, 3.63) is 0 Å². The normalized spacial score (nSPS) is 23.5. The maximum atomic E-state index is 5.89. The van der Waals surface area contributed by atoms with Gasteiger partial charge in [0.2, 0.25) is 0 Å². The van der Waals surface area contributed by atoms with Crippen molar-refractivity contribution in [3.63, 3.8) is 0 Å². The third kappa shape index (κ3) is 4.59. The van der Waals surface area contributed by atoms with E-state index < -0.39 is 0 Å². The largest absolute Gasteiger partial charge is 0.380 e. The lowest BCUT2D eigenvalue weighted by atomic mass is 9.84. The van der Waals surface area contributed by atoms with E-state index in [1.54, 1.807) is 0 Å². The van der Waals surface area contributed by atoms with Gasteiger partial charge in [0.1, 0.15) is 0 Å². The predicted molar refractivity (Wildman–Crippen MR) is 72.3 cm³/mol. The molecule has 0 N–H and O–H groups in total. The predicted octanol–water partition coefficient (Wildman–Crippen LogP) is 4.04. The molecule has 17 heavy (non-hydrogen) atoms. The Bertz CT molecular complexity index is 176. The van der Waals surface area contributed by atoms with Crippen molar-refractivity contribution in [2.24, 2.45) is 11.3 Å². The standard InChI is InChI=1S/C13H24O2.C2H6/c1-2-13(10-15-11-13)9-14-8-12-6-4-3-5-7-12;1-2/h12H,2-11H2,1H3;1-2H3. The van der Waals surface area contributed by atoms with Gasteiger partial charge in [-0.05, 0) is 25.2 Å². The molecule has 2 rings (SSSR count). The van der Waals surface area contributed by atoms with Gasteiger partial charge in [0.15, 0.2) is 0 Å². The lowest BCUT2D eigenvalue weighted by Crippen LogP contribution is -2.46. The van der Waals surface area contributed by atoms with Crippen molar-refractivity contribution < 1.29 is 9.47 Å². The molecule has 1 saturated heterocycles. The van der Waals surface area contributed by atoms with Crippen LogP contribution in [0.5, 0.6) is 0 Å². The quantitative estimate of drug-likeness (QED) is 0.724. The lowest BCUT2D eigenvalue weighted by Gasteiger charge is -2.40. The van der Waals surface area contributed by atoms with Gasteiger partial charge in [0, 0.05) is 12.0 Å². The molecule has 1 heterocycles. The molecule has 0 aromatic rings. The Hall–Kier alpha value is -0.0800. The molecule has 0 aromatic carbocycles. The molecule has 2 nitrogen and oxygen atoms in total. The lowest BCUT2D eigenvalue weighted by molar-refractivity contribution is -0.153. The van der Waals surface area contributed by atoms with Crippen molar-refractivity contribution >= 4 is 0 Å². The van der Waals surface area contributed by atoms with Crippen LogP contribution < -0.4 is 0 Å². The Morgan fingerprint density at radius 2 is 1.76 bits per heavy atom. The highest BCUT2D eigenvalue weighted by Crippen LogP contribution is 2.32.